The van der Waals surface area contributed by atoms with E-state index in [0.717, 1.165) is 21.5 Å². The molecule has 0 spiro atoms. The summed E-state index contributed by atoms with van der Waals surface area (Å²) in [5.74, 6) is 0. The molecule has 0 aromatic heterocycles. The van der Waals surface area contributed by atoms with Gasteiger partial charge in [0, 0.05) is 33.5 Å². The van der Waals surface area contributed by atoms with Crippen LogP contribution in [-0.4, -0.2) is 41.0 Å². The number of anilines is 6. The van der Waals surface area contributed by atoms with E-state index in [2.05, 4.69) is 31.9 Å². The fourth-order valence-electron chi connectivity index (χ4n) is 6.03. The summed E-state index contributed by atoms with van der Waals surface area (Å²) >= 11 is 0. The maximum absolute atomic E-state index is 13.0. The third-order valence-corrected chi connectivity index (χ3v) is 11.4. The fraction of sp³-hybridized carbons (Fsp3) is 0. The van der Waals surface area contributed by atoms with E-state index in [4.69, 9.17) is 0 Å². The van der Waals surface area contributed by atoms with Crippen molar-refractivity contribution in [2.24, 2.45) is 0 Å². The van der Waals surface area contributed by atoms with Gasteiger partial charge in [-0.1, -0.05) is 84.9 Å². The van der Waals surface area contributed by atoms with Crippen LogP contribution in [0.4, 0.5) is 53.3 Å². The first-order valence-electron chi connectivity index (χ1n) is 17.9. The summed E-state index contributed by atoms with van der Waals surface area (Å²) in [5.41, 5.74) is 1.69. The van der Waals surface area contributed by atoms with E-state index in [-0.39, 0.29) is 32.5 Å². The summed E-state index contributed by atoms with van der Waals surface area (Å²) in [6.45, 7) is 0. The SMILES string of the molecule is O=C(Nc1cccc(S(=O)(=O)NC(=O)Nc2ccc(NC(=O)NS(=O)(=O)c3cccc(NC(=O)Nc4cccc5ccccc45)c3)cc2)c1)Nc1cccc2ccccc12. The zero-order chi connectivity index (χ0) is 42.3. The Kier molecular flexibility index (Phi) is 11.6. The van der Waals surface area contributed by atoms with Gasteiger partial charge >= 0.3 is 24.1 Å². The third kappa shape index (κ3) is 9.94. The molecule has 0 aliphatic heterocycles. The van der Waals surface area contributed by atoms with Gasteiger partial charge in [0.1, 0.15) is 0 Å². The second-order valence-electron chi connectivity index (χ2n) is 13.0. The standard InChI is InChI=1S/C42H34N8O8S2/c51-39(47-37-19-5-11-27-9-1-3-17-35(27)37)45-31-13-7-15-33(25-31)59(55,56)49-41(53)43-29-21-23-30(24-22-29)44-42(54)50-60(57,58)34-16-8-14-32(26-34)46-40(52)48-38-20-6-12-28-10-2-4-18-36(28)38/h1-26H,(H2,43,49,53)(H2,44,50,54)(H2,45,47,51)(H2,46,48,52). The van der Waals surface area contributed by atoms with Gasteiger partial charge in [-0.3, -0.25) is 0 Å². The first-order valence-corrected chi connectivity index (χ1v) is 20.9. The molecule has 0 radical (unpaired) electrons. The van der Waals surface area contributed by atoms with Crippen LogP contribution in [0.1, 0.15) is 0 Å². The summed E-state index contributed by atoms with van der Waals surface area (Å²) in [4.78, 5) is 50.3. The van der Waals surface area contributed by atoms with Crippen molar-refractivity contribution in [1.29, 1.82) is 0 Å². The van der Waals surface area contributed by atoms with Crippen molar-refractivity contribution >= 4 is 99.8 Å². The summed E-state index contributed by atoms with van der Waals surface area (Å²) in [7, 11) is -8.80. The van der Waals surface area contributed by atoms with Gasteiger partial charge in [0.25, 0.3) is 20.0 Å². The van der Waals surface area contributed by atoms with Gasteiger partial charge in [0.2, 0.25) is 0 Å². The minimum Gasteiger partial charge on any atom is -0.308 e. The molecule has 0 aliphatic rings. The normalized spacial score (nSPS) is 11.2. The smallest absolute Gasteiger partial charge is 0.308 e. The Morgan fingerprint density at radius 2 is 0.683 bits per heavy atom. The molecule has 0 unspecified atom stereocenters. The number of urea groups is 4. The predicted molar refractivity (Wildman–Crippen MR) is 231 cm³/mol. The molecule has 7 aromatic carbocycles. The molecule has 60 heavy (non-hydrogen) atoms. The van der Waals surface area contributed by atoms with Crippen LogP contribution in [0.15, 0.2) is 168 Å². The Morgan fingerprint density at radius 1 is 0.333 bits per heavy atom. The number of hydrogen-bond acceptors (Lipinski definition) is 8. The van der Waals surface area contributed by atoms with Crippen LogP contribution in [0.5, 0.6) is 0 Å². The average Bonchev–Trinajstić information content (AvgIpc) is 3.21. The van der Waals surface area contributed by atoms with Crippen molar-refractivity contribution in [3.05, 3.63) is 158 Å². The lowest BCUT2D eigenvalue weighted by atomic mass is 10.1. The molecule has 18 heteroatoms. The molecule has 0 atom stereocenters. The first-order chi connectivity index (χ1) is 28.8. The van der Waals surface area contributed by atoms with E-state index in [1.165, 1.54) is 72.8 Å². The highest BCUT2D eigenvalue weighted by atomic mass is 32.2. The number of rotatable bonds is 10. The molecule has 0 bridgehead atoms. The van der Waals surface area contributed by atoms with Crippen LogP contribution < -0.4 is 41.3 Å². The molecule has 7 rings (SSSR count). The van der Waals surface area contributed by atoms with E-state index in [1.54, 1.807) is 24.3 Å². The number of fused-ring (bicyclic) bond motifs is 2. The lowest BCUT2D eigenvalue weighted by Crippen LogP contribution is -2.34. The summed E-state index contributed by atoms with van der Waals surface area (Å²) < 4.78 is 56.0. The Bertz CT molecular complexity index is 2800. The number of sulfonamides is 2. The molecule has 7 aromatic rings. The molecular formula is C42H34N8O8S2. The van der Waals surface area contributed by atoms with Gasteiger partial charge in [0.05, 0.1) is 21.2 Å². The minimum atomic E-state index is -4.40. The van der Waals surface area contributed by atoms with E-state index >= 15 is 0 Å². The van der Waals surface area contributed by atoms with Crippen molar-refractivity contribution in [2.45, 2.75) is 9.79 Å². The number of carbonyl (C=O) groups is 4. The van der Waals surface area contributed by atoms with Crippen LogP contribution in [-0.2, 0) is 20.0 Å². The highest BCUT2D eigenvalue weighted by Crippen LogP contribution is 2.25. The lowest BCUT2D eigenvalue weighted by molar-refractivity contribution is 0.255. The highest BCUT2D eigenvalue weighted by Gasteiger charge is 2.21. The van der Waals surface area contributed by atoms with Gasteiger partial charge in [-0.2, -0.15) is 0 Å². The molecule has 16 nitrogen and oxygen atoms in total. The second-order valence-corrected chi connectivity index (χ2v) is 16.3. The third-order valence-electron chi connectivity index (χ3n) is 8.73. The van der Waals surface area contributed by atoms with Crippen LogP contribution in [0.25, 0.3) is 21.5 Å². The van der Waals surface area contributed by atoms with E-state index in [9.17, 15) is 36.0 Å². The van der Waals surface area contributed by atoms with Crippen molar-refractivity contribution in [2.75, 3.05) is 31.9 Å². The molecule has 0 aliphatic carbocycles. The monoisotopic (exact) mass is 842 g/mol. The minimum absolute atomic E-state index is 0.135. The van der Waals surface area contributed by atoms with Crippen molar-refractivity contribution < 1.29 is 36.0 Å². The van der Waals surface area contributed by atoms with Crippen molar-refractivity contribution in [1.82, 2.24) is 9.44 Å². The van der Waals surface area contributed by atoms with Gasteiger partial charge < -0.3 is 31.9 Å². The molecule has 302 valence electrons. The molecule has 0 saturated carbocycles. The molecule has 0 saturated heterocycles. The summed E-state index contributed by atoms with van der Waals surface area (Å²) in [6, 6.07) is 38.4. The first kappa shape index (κ1) is 40.2. The Balaban J connectivity index is 0.897. The lowest BCUT2D eigenvalue weighted by Gasteiger charge is -2.13. The van der Waals surface area contributed by atoms with Crippen LogP contribution >= 0.6 is 0 Å². The Hall–Kier alpha value is -7.96. The number of nitrogens with one attached hydrogen (secondary N) is 8. The number of carbonyl (C=O) groups excluding carboxylic acids is 4. The summed E-state index contributed by atoms with van der Waals surface area (Å²) in [5, 5.41) is 18.9. The zero-order valence-corrected chi connectivity index (χ0v) is 32.7. The molecule has 0 heterocycles. The van der Waals surface area contributed by atoms with Crippen molar-refractivity contribution in [3.8, 4) is 0 Å². The Labute approximate surface area is 343 Å². The fourth-order valence-corrected chi connectivity index (χ4v) is 7.94. The predicted octanol–water partition coefficient (Wildman–Crippen LogP) is 8.30. The Morgan fingerprint density at radius 3 is 1.10 bits per heavy atom. The zero-order valence-electron chi connectivity index (χ0n) is 31.1. The summed E-state index contributed by atoms with van der Waals surface area (Å²) in [6.07, 6.45) is 0. The number of hydrogen-bond donors (Lipinski definition) is 8. The molecule has 8 N–H and O–H groups in total. The van der Waals surface area contributed by atoms with Gasteiger partial charge in [-0.05, 0) is 83.6 Å². The van der Waals surface area contributed by atoms with E-state index in [0.29, 0.717) is 11.4 Å². The van der Waals surface area contributed by atoms with E-state index < -0.39 is 44.2 Å². The highest BCUT2D eigenvalue weighted by molar-refractivity contribution is 7.90. The maximum Gasteiger partial charge on any atom is 0.333 e. The second kappa shape index (κ2) is 17.3. The number of benzene rings is 7. The van der Waals surface area contributed by atoms with Gasteiger partial charge in [0.15, 0.2) is 0 Å². The maximum atomic E-state index is 13.0. The van der Waals surface area contributed by atoms with Gasteiger partial charge in [-0.25, -0.2) is 45.5 Å². The average molecular weight is 843 g/mol. The van der Waals surface area contributed by atoms with Crippen LogP contribution in [0.2, 0.25) is 0 Å². The van der Waals surface area contributed by atoms with Crippen LogP contribution in [0.3, 0.4) is 0 Å². The molecule has 8 amide bonds. The van der Waals surface area contributed by atoms with Gasteiger partial charge in [-0.15, -0.1) is 0 Å². The van der Waals surface area contributed by atoms with E-state index in [1.807, 2.05) is 70.1 Å². The molecular weight excluding hydrogens is 809 g/mol. The quantitative estimate of drug-likeness (QED) is 0.0666. The topological polar surface area (TPSA) is 233 Å². The van der Waals surface area contributed by atoms with Crippen LogP contribution in [0, 0.1) is 0 Å². The van der Waals surface area contributed by atoms with Crippen molar-refractivity contribution in [3.63, 3.8) is 0 Å². The largest absolute Gasteiger partial charge is 0.333 e. The molecule has 0 fully saturated rings. The number of amides is 8.